The monoisotopic (exact) mass is 312 g/mol. The molecule has 0 aliphatic carbocycles. The standard InChI is InChI=1S/C12H20N6O2S/c1-8(2)13-7-11-12(9(3)17-18-11)21(19,20)16-6-10-4-14-15-5-10/h4-5,8,13,16H,6-7H2,1-3H3,(H,14,15)(H,17,18). The van der Waals surface area contributed by atoms with Gasteiger partial charge in [0.1, 0.15) is 4.90 Å². The van der Waals surface area contributed by atoms with E-state index in [0.717, 1.165) is 5.56 Å². The first-order valence-corrected chi connectivity index (χ1v) is 8.13. The molecule has 2 aromatic rings. The Morgan fingerprint density at radius 2 is 2.10 bits per heavy atom. The Morgan fingerprint density at radius 1 is 1.33 bits per heavy atom. The highest BCUT2D eigenvalue weighted by molar-refractivity contribution is 7.89. The van der Waals surface area contributed by atoms with Crippen LogP contribution in [0.1, 0.15) is 30.8 Å². The molecule has 0 saturated heterocycles. The summed E-state index contributed by atoms with van der Waals surface area (Å²) in [6.07, 6.45) is 3.22. The van der Waals surface area contributed by atoms with Gasteiger partial charge in [0.25, 0.3) is 0 Å². The van der Waals surface area contributed by atoms with Crippen LogP contribution in [0, 0.1) is 6.92 Å². The summed E-state index contributed by atoms with van der Waals surface area (Å²) in [6.45, 7) is 6.25. The van der Waals surface area contributed by atoms with Gasteiger partial charge in [-0.2, -0.15) is 10.2 Å². The Morgan fingerprint density at radius 3 is 2.71 bits per heavy atom. The maximum atomic E-state index is 12.4. The van der Waals surface area contributed by atoms with Crippen molar-refractivity contribution in [1.29, 1.82) is 0 Å². The van der Waals surface area contributed by atoms with E-state index in [1.165, 1.54) is 0 Å². The second kappa shape index (κ2) is 6.37. The second-order valence-corrected chi connectivity index (χ2v) is 6.79. The van der Waals surface area contributed by atoms with Gasteiger partial charge in [-0.05, 0) is 6.92 Å². The predicted octanol–water partition coefficient (Wildman–Crippen LogP) is 0.418. The molecule has 0 aromatic carbocycles. The third-order valence-corrected chi connectivity index (χ3v) is 4.53. The molecule has 0 unspecified atom stereocenters. The van der Waals surface area contributed by atoms with E-state index in [2.05, 4.69) is 30.4 Å². The third-order valence-electron chi connectivity index (χ3n) is 2.93. The van der Waals surface area contributed by atoms with E-state index >= 15 is 0 Å². The molecule has 9 heteroatoms. The van der Waals surface area contributed by atoms with Crippen molar-refractivity contribution >= 4 is 10.0 Å². The maximum absolute atomic E-state index is 12.4. The minimum absolute atomic E-state index is 0.181. The molecular formula is C12H20N6O2S. The predicted molar refractivity (Wildman–Crippen MR) is 77.9 cm³/mol. The molecule has 0 bridgehead atoms. The SMILES string of the molecule is Cc1[nH]nc(CNC(C)C)c1S(=O)(=O)NCc1cn[nH]c1. The van der Waals surface area contributed by atoms with Gasteiger partial charge >= 0.3 is 0 Å². The number of aryl methyl sites for hydroxylation is 1. The van der Waals surface area contributed by atoms with Crippen molar-refractivity contribution < 1.29 is 8.42 Å². The van der Waals surface area contributed by atoms with Crippen molar-refractivity contribution in [3.63, 3.8) is 0 Å². The number of sulfonamides is 1. The number of aromatic amines is 2. The lowest BCUT2D eigenvalue weighted by Gasteiger charge is -2.09. The van der Waals surface area contributed by atoms with Crippen molar-refractivity contribution in [2.75, 3.05) is 0 Å². The molecule has 0 aliphatic rings. The lowest BCUT2D eigenvalue weighted by Crippen LogP contribution is -2.27. The second-order valence-electron chi connectivity index (χ2n) is 5.09. The van der Waals surface area contributed by atoms with Gasteiger partial charge in [-0.15, -0.1) is 0 Å². The summed E-state index contributed by atoms with van der Waals surface area (Å²) in [4.78, 5) is 0.208. The van der Waals surface area contributed by atoms with Crippen LogP contribution < -0.4 is 10.0 Å². The first-order valence-electron chi connectivity index (χ1n) is 6.64. The van der Waals surface area contributed by atoms with Crippen LogP contribution in [-0.2, 0) is 23.1 Å². The number of nitrogens with one attached hydrogen (secondary N) is 4. The van der Waals surface area contributed by atoms with Crippen LogP contribution in [0.15, 0.2) is 17.3 Å². The van der Waals surface area contributed by atoms with E-state index in [1.54, 1.807) is 19.3 Å². The highest BCUT2D eigenvalue weighted by Gasteiger charge is 2.24. The van der Waals surface area contributed by atoms with Gasteiger partial charge in [0, 0.05) is 30.9 Å². The normalized spacial score (nSPS) is 12.2. The van der Waals surface area contributed by atoms with Crippen molar-refractivity contribution in [1.82, 2.24) is 30.4 Å². The van der Waals surface area contributed by atoms with Crippen LogP contribution >= 0.6 is 0 Å². The van der Waals surface area contributed by atoms with Crippen LogP contribution in [0.5, 0.6) is 0 Å². The lowest BCUT2D eigenvalue weighted by atomic mass is 10.3. The number of aromatic nitrogens is 4. The molecule has 2 heterocycles. The molecule has 0 saturated carbocycles. The summed E-state index contributed by atoms with van der Waals surface area (Å²) in [5, 5.41) is 16.4. The number of hydrogen-bond acceptors (Lipinski definition) is 5. The zero-order valence-corrected chi connectivity index (χ0v) is 13.1. The minimum Gasteiger partial charge on any atom is -0.309 e. The average molecular weight is 312 g/mol. The number of hydrogen-bond donors (Lipinski definition) is 4. The molecule has 0 atom stereocenters. The van der Waals surface area contributed by atoms with Gasteiger partial charge < -0.3 is 5.32 Å². The Bertz CT molecular complexity index is 675. The highest BCUT2D eigenvalue weighted by atomic mass is 32.2. The molecule has 0 fully saturated rings. The molecule has 116 valence electrons. The molecule has 8 nitrogen and oxygen atoms in total. The van der Waals surface area contributed by atoms with Gasteiger partial charge in [-0.1, -0.05) is 13.8 Å². The summed E-state index contributed by atoms with van der Waals surface area (Å²) in [7, 11) is -3.63. The van der Waals surface area contributed by atoms with Gasteiger partial charge in [0.05, 0.1) is 17.6 Å². The van der Waals surface area contributed by atoms with Crippen molar-refractivity contribution in [3.05, 3.63) is 29.3 Å². The van der Waals surface area contributed by atoms with E-state index in [-0.39, 0.29) is 17.5 Å². The summed E-state index contributed by atoms with van der Waals surface area (Å²) >= 11 is 0. The fourth-order valence-electron chi connectivity index (χ4n) is 1.87. The smallest absolute Gasteiger partial charge is 0.244 e. The van der Waals surface area contributed by atoms with Crippen molar-refractivity contribution in [2.24, 2.45) is 0 Å². The summed E-state index contributed by atoms with van der Waals surface area (Å²) in [6, 6.07) is 0.247. The average Bonchev–Trinajstić information content (AvgIpc) is 3.03. The summed E-state index contributed by atoms with van der Waals surface area (Å²) < 4.78 is 27.4. The summed E-state index contributed by atoms with van der Waals surface area (Å²) in [5.41, 5.74) is 1.78. The fourth-order valence-corrected chi connectivity index (χ4v) is 3.25. The number of rotatable bonds is 7. The molecule has 0 amide bonds. The van der Waals surface area contributed by atoms with Crippen molar-refractivity contribution in [2.45, 2.75) is 44.8 Å². The lowest BCUT2D eigenvalue weighted by molar-refractivity contribution is 0.563. The molecule has 0 spiro atoms. The Balaban J connectivity index is 2.16. The van der Waals surface area contributed by atoms with E-state index in [4.69, 9.17) is 0 Å². The van der Waals surface area contributed by atoms with Gasteiger partial charge in [0.15, 0.2) is 0 Å². The first-order chi connectivity index (χ1) is 9.90. The van der Waals surface area contributed by atoms with E-state index in [9.17, 15) is 8.42 Å². The Kier molecular flexibility index (Phi) is 4.76. The Labute approximate surface area is 123 Å². The minimum atomic E-state index is -3.63. The Hall–Kier alpha value is -1.71. The maximum Gasteiger partial charge on any atom is 0.244 e. The van der Waals surface area contributed by atoms with E-state index in [1.807, 2.05) is 13.8 Å². The molecular weight excluding hydrogens is 292 g/mol. The topological polar surface area (TPSA) is 116 Å². The number of H-pyrrole nitrogens is 2. The van der Waals surface area contributed by atoms with E-state index < -0.39 is 10.0 Å². The quantitative estimate of drug-likeness (QED) is 0.591. The molecule has 2 aromatic heterocycles. The highest BCUT2D eigenvalue weighted by Crippen LogP contribution is 2.17. The number of nitrogens with zero attached hydrogens (tertiary/aromatic N) is 2. The zero-order chi connectivity index (χ0) is 15.5. The van der Waals surface area contributed by atoms with Crippen LogP contribution in [-0.4, -0.2) is 34.9 Å². The summed E-state index contributed by atoms with van der Waals surface area (Å²) in [5.74, 6) is 0. The van der Waals surface area contributed by atoms with Crippen LogP contribution in [0.3, 0.4) is 0 Å². The molecule has 2 rings (SSSR count). The molecule has 0 radical (unpaired) electrons. The zero-order valence-electron chi connectivity index (χ0n) is 12.3. The largest absolute Gasteiger partial charge is 0.309 e. The van der Waals surface area contributed by atoms with Crippen molar-refractivity contribution in [3.8, 4) is 0 Å². The third kappa shape index (κ3) is 3.90. The van der Waals surface area contributed by atoms with Crippen LogP contribution in [0.2, 0.25) is 0 Å². The van der Waals surface area contributed by atoms with Crippen LogP contribution in [0.25, 0.3) is 0 Å². The van der Waals surface area contributed by atoms with E-state index in [0.29, 0.717) is 17.9 Å². The molecule has 4 N–H and O–H groups in total. The fraction of sp³-hybridized carbons (Fsp3) is 0.500. The molecule has 21 heavy (non-hydrogen) atoms. The molecule has 0 aliphatic heterocycles. The van der Waals surface area contributed by atoms with Gasteiger partial charge in [-0.3, -0.25) is 10.2 Å². The first kappa shape index (κ1) is 15.7. The van der Waals surface area contributed by atoms with Gasteiger partial charge in [0.2, 0.25) is 10.0 Å². The van der Waals surface area contributed by atoms with Gasteiger partial charge in [-0.25, -0.2) is 13.1 Å². The van der Waals surface area contributed by atoms with Crippen LogP contribution in [0.4, 0.5) is 0 Å².